The molecule has 0 aliphatic carbocycles. The largest absolute Gasteiger partial charge is 0.480 e. The predicted octanol–water partition coefficient (Wildman–Crippen LogP) is 0.499. The maximum absolute atomic E-state index is 11.2. The van der Waals surface area contributed by atoms with Crippen LogP contribution in [0.5, 0.6) is 0 Å². The molecule has 0 amide bonds. The van der Waals surface area contributed by atoms with Crippen LogP contribution >= 0.6 is 11.6 Å². The second kappa shape index (κ2) is 11.3. The molecular formula is C23H28ClN7O5. The summed E-state index contributed by atoms with van der Waals surface area (Å²) >= 11 is 6.04. The number of hydrogen-bond donors (Lipinski definition) is 5. The van der Waals surface area contributed by atoms with E-state index in [1.807, 2.05) is 35.3 Å². The van der Waals surface area contributed by atoms with Crippen LogP contribution in [0, 0.1) is 0 Å². The smallest absolute Gasteiger partial charge is 0.320 e. The van der Waals surface area contributed by atoms with Gasteiger partial charge in [0.25, 0.3) is 0 Å². The molecule has 1 aliphatic rings. The Morgan fingerprint density at radius 3 is 2.83 bits per heavy atom. The van der Waals surface area contributed by atoms with Crippen LogP contribution in [0.15, 0.2) is 43.0 Å². The molecule has 0 bridgehead atoms. The Hall–Kier alpha value is -3.13. The summed E-state index contributed by atoms with van der Waals surface area (Å²) in [5.74, 6) is -0.902. The zero-order valence-corrected chi connectivity index (χ0v) is 20.0. The summed E-state index contributed by atoms with van der Waals surface area (Å²) in [5.41, 5.74) is 13.2. The van der Waals surface area contributed by atoms with Gasteiger partial charge in [-0.15, -0.1) is 0 Å². The van der Waals surface area contributed by atoms with Gasteiger partial charge in [-0.1, -0.05) is 35.9 Å². The number of aromatic nitrogens is 4. The van der Waals surface area contributed by atoms with Crippen LogP contribution in [0.25, 0.3) is 17.2 Å². The first-order valence-corrected chi connectivity index (χ1v) is 11.7. The zero-order valence-electron chi connectivity index (χ0n) is 19.3. The highest BCUT2D eigenvalue weighted by molar-refractivity contribution is 6.30. The molecular weight excluding hydrogens is 490 g/mol. The molecule has 1 aliphatic heterocycles. The van der Waals surface area contributed by atoms with Crippen LogP contribution in [0.3, 0.4) is 0 Å². The Morgan fingerprint density at radius 1 is 1.28 bits per heavy atom. The third-order valence-electron chi connectivity index (χ3n) is 6.03. The van der Waals surface area contributed by atoms with Gasteiger partial charge in [-0.3, -0.25) is 14.3 Å². The van der Waals surface area contributed by atoms with Crippen LogP contribution in [-0.2, 0) is 9.53 Å². The van der Waals surface area contributed by atoms with E-state index in [0.29, 0.717) is 29.3 Å². The molecule has 36 heavy (non-hydrogen) atoms. The summed E-state index contributed by atoms with van der Waals surface area (Å²) in [4.78, 5) is 25.4. The zero-order chi connectivity index (χ0) is 25.8. The fourth-order valence-corrected chi connectivity index (χ4v) is 4.27. The minimum Gasteiger partial charge on any atom is -0.480 e. The first-order valence-electron chi connectivity index (χ1n) is 11.3. The Balaban J connectivity index is 1.48. The van der Waals surface area contributed by atoms with Crippen molar-refractivity contribution in [2.45, 2.75) is 37.0 Å². The minimum absolute atomic E-state index is 0.191. The molecule has 4 rings (SSSR count). The highest BCUT2D eigenvalue weighted by atomic mass is 35.5. The third-order valence-corrected chi connectivity index (χ3v) is 6.27. The summed E-state index contributed by atoms with van der Waals surface area (Å²) in [7, 11) is 0. The molecule has 12 nitrogen and oxygen atoms in total. The number of aliphatic carboxylic acids is 1. The Bertz CT molecular complexity index is 1240. The average Bonchev–Trinajstić information content (AvgIpc) is 3.39. The SMILES string of the molecule is Nc1ncnc2c1ncn2[C@@H]1O[C@H](CN(C/C=C/c2cccc(Cl)c2)CC[C@H](N)C(=O)O)[C@@H](O)[C@H]1O. The van der Waals surface area contributed by atoms with Crippen LogP contribution < -0.4 is 11.5 Å². The van der Waals surface area contributed by atoms with Crippen molar-refractivity contribution in [2.75, 3.05) is 25.4 Å². The molecule has 0 unspecified atom stereocenters. The van der Waals surface area contributed by atoms with Crippen molar-refractivity contribution in [1.29, 1.82) is 0 Å². The van der Waals surface area contributed by atoms with Crippen LogP contribution in [-0.4, -0.2) is 89.7 Å². The predicted molar refractivity (Wildman–Crippen MR) is 133 cm³/mol. The number of aliphatic hydroxyl groups excluding tert-OH is 2. The molecule has 5 atom stereocenters. The number of carboxylic acid groups (broad SMARTS) is 1. The lowest BCUT2D eigenvalue weighted by Crippen LogP contribution is -2.42. The fraction of sp³-hybridized carbons (Fsp3) is 0.391. The number of carbonyl (C=O) groups is 1. The van der Waals surface area contributed by atoms with Gasteiger partial charge in [-0.05, 0) is 24.1 Å². The lowest BCUT2D eigenvalue weighted by molar-refractivity contribution is -0.138. The number of halogens is 1. The van der Waals surface area contributed by atoms with E-state index >= 15 is 0 Å². The monoisotopic (exact) mass is 517 g/mol. The van der Waals surface area contributed by atoms with Crippen LogP contribution in [0.2, 0.25) is 5.02 Å². The number of anilines is 1. The first-order chi connectivity index (χ1) is 17.2. The minimum atomic E-state index is -1.26. The number of hydrogen-bond acceptors (Lipinski definition) is 10. The lowest BCUT2D eigenvalue weighted by Gasteiger charge is -2.26. The first kappa shape index (κ1) is 25.9. The summed E-state index contributed by atoms with van der Waals surface area (Å²) < 4.78 is 7.54. The molecule has 0 spiro atoms. The number of imidazole rings is 1. The number of fused-ring (bicyclic) bond motifs is 1. The van der Waals surface area contributed by atoms with Crippen molar-refractivity contribution in [2.24, 2.45) is 5.73 Å². The Labute approximate surface area is 211 Å². The Kier molecular flexibility index (Phi) is 8.14. The molecule has 0 radical (unpaired) electrons. The number of aliphatic hydroxyl groups is 2. The number of rotatable bonds is 10. The van der Waals surface area contributed by atoms with Gasteiger partial charge in [0, 0.05) is 24.7 Å². The van der Waals surface area contributed by atoms with E-state index < -0.39 is 36.6 Å². The molecule has 192 valence electrons. The summed E-state index contributed by atoms with van der Waals surface area (Å²) in [6, 6.07) is 6.32. The molecule has 0 saturated carbocycles. The molecule has 1 aromatic carbocycles. The van der Waals surface area contributed by atoms with Gasteiger partial charge < -0.3 is 31.5 Å². The van der Waals surface area contributed by atoms with Gasteiger partial charge in [0.2, 0.25) is 0 Å². The Morgan fingerprint density at radius 2 is 2.08 bits per heavy atom. The van der Waals surface area contributed by atoms with Gasteiger partial charge in [0.1, 0.15) is 36.2 Å². The van der Waals surface area contributed by atoms with Crippen LogP contribution in [0.4, 0.5) is 5.82 Å². The number of carboxylic acids is 1. The maximum Gasteiger partial charge on any atom is 0.320 e. The molecule has 3 heterocycles. The number of benzene rings is 1. The topological polar surface area (TPSA) is 186 Å². The highest BCUT2D eigenvalue weighted by Crippen LogP contribution is 2.32. The standard InChI is InChI=1S/C23H28ClN7O5/c24-14-5-1-3-13(9-14)4-2-7-30(8-6-15(25)23(34)35)10-16-18(32)19(33)22(36-16)31-12-29-17-20(26)27-11-28-21(17)31/h1-5,9,11-12,15-16,18-19,22,32-33H,6-8,10,25H2,(H,34,35)(H2,26,27,28)/b4-2+/t15-,16+,18+,19+,22+/m0/s1. The normalized spacial score (nSPS) is 23.1. The summed E-state index contributed by atoms with van der Waals surface area (Å²) in [6.07, 6.45) is 2.50. The molecule has 2 aromatic heterocycles. The van der Waals surface area contributed by atoms with Crippen molar-refractivity contribution in [3.63, 3.8) is 0 Å². The molecule has 13 heteroatoms. The van der Waals surface area contributed by atoms with Gasteiger partial charge in [-0.25, -0.2) is 15.0 Å². The third kappa shape index (κ3) is 5.81. The van der Waals surface area contributed by atoms with Crippen molar-refractivity contribution in [3.8, 4) is 0 Å². The second-order valence-electron chi connectivity index (χ2n) is 8.58. The van der Waals surface area contributed by atoms with Crippen molar-refractivity contribution in [3.05, 3.63) is 53.6 Å². The molecule has 3 aromatic rings. The van der Waals surface area contributed by atoms with Crippen molar-refractivity contribution in [1.82, 2.24) is 24.4 Å². The number of nitrogens with zero attached hydrogens (tertiary/aromatic N) is 5. The van der Waals surface area contributed by atoms with Gasteiger partial charge >= 0.3 is 5.97 Å². The number of nitrogen functional groups attached to an aromatic ring is 1. The highest BCUT2D eigenvalue weighted by Gasteiger charge is 2.44. The number of ether oxygens (including phenoxy) is 1. The fourth-order valence-electron chi connectivity index (χ4n) is 4.07. The van der Waals surface area contributed by atoms with Gasteiger partial charge in [0.05, 0.1) is 6.33 Å². The average molecular weight is 518 g/mol. The summed E-state index contributed by atoms with van der Waals surface area (Å²) in [6.45, 7) is 0.965. The lowest BCUT2D eigenvalue weighted by atomic mass is 10.1. The molecule has 1 saturated heterocycles. The molecule has 1 fully saturated rings. The van der Waals surface area contributed by atoms with Gasteiger partial charge in [0.15, 0.2) is 17.7 Å². The quantitative estimate of drug-likeness (QED) is 0.252. The van der Waals surface area contributed by atoms with E-state index in [1.165, 1.54) is 17.2 Å². The van der Waals surface area contributed by atoms with E-state index in [1.54, 1.807) is 6.07 Å². The van der Waals surface area contributed by atoms with E-state index in [4.69, 9.17) is 32.9 Å². The van der Waals surface area contributed by atoms with E-state index in [0.717, 1.165) is 5.56 Å². The van der Waals surface area contributed by atoms with E-state index in [2.05, 4.69) is 15.0 Å². The second-order valence-corrected chi connectivity index (χ2v) is 9.02. The maximum atomic E-state index is 11.2. The van der Waals surface area contributed by atoms with E-state index in [9.17, 15) is 15.0 Å². The van der Waals surface area contributed by atoms with Gasteiger partial charge in [-0.2, -0.15) is 0 Å². The number of nitrogens with two attached hydrogens (primary N) is 2. The molecule has 7 N–H and O–H groups in total. The summed E-state index contributed by atoms with van der Waals surface area (Å²) in [5, 5.41) is 31.3. The van der Waals surface area contributed by atoms with Crippen molar-refractivity contribution < 1.29 is 24.9 Å². The van der Waals surface area contributed by atoms with Crippen LogP contribution in [0.1, 0.15) is 18.2 Å². The van der Waals surface area contributed by atoms with E-state index in [-0.39, 0.29) is 18.8 Å². The van der Waals surface area contributed by atoms with Crippen molar-refractivity contribution >= 4 is 40.6 Å².